The lowest BCUT2D eigenvalue weighted by Gasteiger charge is -2.33. The lowest BCUT2D eigenvalue weighted by molar-refractivity contribution is -0.144. The second-order valence-electron chi connectivity index (χ2n) is 4.67. The van der Waals surface area contributed by atoms with Crippen LogP contribution in [0.1, 0.15) is 6.92 Å². The number of ether oxygens (including phenoxy) is 2. The molecule has 0 aliphatic carbocycles. The Labute approximate surface area is 128 Å². The molecule has 7 heteroatoms. The number of carbonyl (C=O) groups excluding carboxylic acids is 2. The standard InChI is InChI=1S/C14H17ClN2O4/c1-9-14(19)17(8-13(18)21-6-5-20-2)12-4-3-10(15)7-11(12)16-9/h3-4,7,9,16H,5-6,8H2,1-2H3. The van der Waals surface area contributed by atoms with Crippen molar-refractivity contribution in [2.75, 3.05) is 37.1 Å². The first-order valence-electron chi connectivity index (χ1n) is 6.55. The van der Waals surface area contributed by atoms with Gasteiger partial charge in [0.05, 0.1) is 18.0 Å². The second-order valence-corrected chi connectivity index (χ2v) is 5.10. The molecule has 2 rings (SSSR count). The van der Waals surface area contributed by atoms with E-state index in [0.717, 1.165) is 5.69 Å². The number of halogens is 1. The maximum atomic E-state index is 12.2. The third-order valence-electron chi connectivity index (χ3n) is 3.10. The van der Waals surface area contributed by atoms with E-state index in [2.05, 4.69) is 5.32 Å². The molecule has 21 heavy (non-hydrogen) atoms. The normalized spacial score (nSPS) is 17.2. The molecule has 0 spiro atoms. The number of esters is 1. The van der Waals surface area contributed by atoms with Crippen LogP contribution in [0.3, 0.4) is 0 Å². The Morgan fingerprint density at radius 2 is 2.19 bits per heavy atom. The Kier molecular flexibility index (Phi) is 5.03. The average molecular weight is 313 g/mol. The van der Waals surface area contributed by atoms with Gasteiger partial charge in [-0.25, -0.2) is 0 Å². The largest absolute Gasteiger partial charge is 0.462 e. The zero-order valence-corrected chi connectivity index (χ0v) is 12.6. The zero-order valence-electron chi connectivity index (χ0n) is 11.9. The quantitative estimate of drug-likeness (QED) is 0.662. The maximum Gasteiger partial charge on any atom is 0.326 e. The van der Waals surface area contributed by atoms with E-state index in [1.807, 2.05) is 0 Å². The minimum Gasteiger partial charge on any atom is -0.462 e. The van der Waals surface area contributed by atoms with Gasteiger partial charge in [0.2, 0.25) is 5.91 Å². The van der Waals surface area contributed by atoms with Crippen molar-refractivity contribution < 1.29 is 19.1 Å². The molecule has 0 aromatic heterocycles. The minimum absolute atomic E-state index is 0.136. The molecule has 1 N–H and O–H groups in total. The van der Waals surface area contributed by atoms with E-state index in [1.54, 1.807) is 25.1 Å². The third kappa shape index (κ3) is 3.65. The van der Waals surface area contributed by atoms with Crippen molar-refractivity contribution in [3.8, 4) is 0 Å². The summed E-state index contributed by atoms with van der Waals surface area (Å²) in [5, 5.41) is 3.62. The fourth-order valence-corrected chi connectivity index (χ4v) is 2.26. The molecule has 114 valence electrons. The van der Waals surface area contributed by atoms with E-state index in [-0.39, 0.29) is 19.1 Å². The van der Waals surface area contributed by atoms with Crippen LogP contribution >= 0.6 is 11.6 Å². The first kappa shape index (κ1) is 15.6. The van der Waals surface area contributed by atoms with Crippen molar-refractivity contribution in [3.05, 3.63) is 23.2 Å². The molecule has 1 aliphatic rings. The highest BCUT2D eigenvalue weighted by Crippen LogP contribution is 2.33. The Morgan fingerprint density at radius 3 is 2.90 bits per heavy atom. The van der Waals surface area contributed by atoms with Crippen LogP contribution in [-0.2, 0) is 19.1 Å². The van der Waals surface area contributed by atoms with Crippen molar-refractivity contribution in [2.45, 2.75) is 13.0 Å². The van der Waals surface area contributed by atoms with Crippen LogP contribution in [0.2, 0.25) is 5.02 Å². The van der Waals surface area contributed by atoms with E-state index in [0.29, 0.717) is 17.3 Å². The van der Waals surface area contributed by atoms with Gasteiger partial charge in [0, 0.05) is 12.1 Å². The molecule has 0 radical (unpaired) electrons. The fraction of sp³-hybridized carbons (Fsp3) is 0.429. The van der Waals surface area contributed by atoms with E-state index in [9.17, 15) is 9.59 Å². The first-order chi connectivity index (χ1) is 10.0. The maximum absolute atomic E-state index is 12.2. The summed E-state index contributed by atoms with van der Waals surface area (Å²) < 4.78 is 9.81. The third-order valence-corrected chi connectivity index (χ3v) is 3.33. The second kappa shape index (κ2) is 6.78. The molecule has 1 aromatic carbocycles. The lowest BCUT2D eigenvalue weighted by atomic mass is 10.1. The van der Waals surface area contributed by atoms with Crippen LogP contribution in [0, 0.1) is 0 Å². The number of nitrogens with one attached hydrogen (secondary N) is 1. The van der Waals surface area contributed by atoms with E-state index < -0.39 is 12.0 Å². The van der Waals surface area contributed by atoms with Crippen molar-refractivity contribution in [2.24, 2.45) is 0 Å². The van der Waals surface area contributed by atoms with Gasteiger partial charge in [-0.05, 0) is 25.1 Å². The number of fused-ring (bicyclic) bond motifs is 1. The number of carbonyl (C=O) groups is 2. The van der Waals surface area contributed by atoms with Crippen LogP contribution < -0.4 is 10.2 Å². The molecule has 0 saturated heterocycles. The molecule has 1 aliphatic heterocycles. The number of hydrogen-bond acceptors (Lipinski definition) is 5. The monoisotopic (exact) mass is 312 g/mol. The molecule has 6 nitrogen and oxygen atoms in total. The number of anilines is 2. The molecular formula is C14H17ClN2O4. The average Bonchev–Trinajstić information content (AvgIpc) is 2.44. The van der Waals surface area contributed by atoms with E-state index in [4.69, 9.17) is 21.1 Å². The molecule has 0 saturated carbocycles. The van der Waals surface area contributed by atoms with E-state index >= 15 is 0 Å². The lowest BCUT2D eigenvalue weighted by Crippen LogP contribution is -2.48. The van der Waals surface area contributed by atoms with Crippen molar-refractivity contribution in [1.29, 1.82) is 0 Å². The number of nitrogens with zero attached hydrogens (tertiary/aromatic N) is 1. The fourth-order valence-electron chi connectivity index (χ4n) is 2.08. The van der Waals surface area contributed by atoms with Crippen molar-refractivity contribution in [3.63, 3.8) is 0 Å². The molecular weight excluding hydrogens is 296 g/mol. The van der Waals surface area contributed by atoms with Gasteiger partial charge >= 0.3 is 5.97 Å². The van der Waals surface area contributed by atoms with Gasteiger partial charge in [0.15, 0.2) is 0 Å². The SMILES string of the molecule is COCCOC(=O)CN1C(=O)C(C)Nc2cc(Cl)ccc21. The number of rotatable bonds is 5. The summed E-state index contributed by atoms with van der Waals surface area (Å²) in [6.07, 6.45) is 0. The number of benzene rings is 1. The topological polar surface area (TPSA) is 67.9 Å². The predicted molar refractivity (Wildman–Crippen MR) is 79.7 cm³/mol. The minimum atomic E-state index is -0.476. The van der Waals surface area contributed by atoms with Crippen molar-refractivity contribution >= 4 is 34.9 Å². The molecule has 1 aromatic rings. The molecule has 1 amide bonds. The summed E-state index contributed by atoms with van der Waals surface area (Å²) in [6.45, 7) is 2.08. The van der Waals surface area contributed by atoms with Gasteiger partial charge < -0.3 is 14.8 Å². The zero-order chi connectivity index (χ0) is 15.4. The summed E-state index contributed by atoms with van der Waals surface area (Å²) in [6, 6.07) is 4.68. The van der Waals surface area contributed by atoms with Crippen LogP contribution in [0.5, 0.6) is 0 Å². The smallest absolute Gasteiger partial charge is 0.326 e. The molecule has 1 atom stereocenters. The van der Waals surface area contributed by atoms with Gasteiger partial charge in [-0.2, -0.15) is 0 Å². The highest BCUT2D eigenvalue weighted by Gasteiger charge is 2.31. The van der Waals surface area contributed by atoms with Crippen LogP contribution in [-0.4, -0.2) is 44.8 Å². The summed E-state index contributed by atoms with van der Waals surface area (Å²) in [5.74, 6) is -0.663. The Bertz CT molecular complexity index is 550. The predicted octanol–water partition coefficient (Wildman–Crippen LogP) is 1.68. The molecule has 0 fully saturated rings. The molecule has 1 unspecified atom stereocenters. The van der Waals surface area contributed by atoms with Gasteiger partial charge in [-0.15, -0.1) is 0 Å². The van der Waals surface area contributed by atoms with E-state index in [1.165, 1.54) is 12.0 Å². The Hall–Kier alpha value is -1.79. The van der Waals surface area contributed by atoms with Crippen LogP contribution in [0.4, 0.5) is 11.4 Å². The summed E-state index contributed by atoms with van der Waals surface area (Å²) in [5.41, 5.74) is 1.34. The molecule has 0 bridgehead atoms. The summed E-state index contributed by atoms with van der Waals surface area (Å²) in [7, 11) is 1.52. The highest BCUT2D eigenvalue weighted by atomic mass is 35.5. The Balaban J connectivity index is 2.14. The van der Waals surface area contributed by atoms with Crippen LogP contribution in [0.25, 0.3) is 0 Å². The highest BCUT2D eigenvalue weighted by molar-refractivity contribution is 6.31. The number of methoxy groups -OCH3 is 1. The molecule has 1 heterocycles. The summed E-state index contributed by atoms with van der Waals surface area (Å²) in [4.78, 5) is 25.4. The van der Waals surface area contributed by atoms with Crippen LogP contribution in [0.15, 0.2) is 18.2 Å². The van der Waals surface area contributed by atoms with Gasteiger partial charge in [-0.1, -0.05) is 11.6 Å². The number of amides is 1. The first-order valence-corrected chi connectivity index (χ1v) is 6.92. The van der Waals surface area contributed by atoms with Gasteiger partial charge in [0.25, 0.3) is 0 Å². The van der Waals surface area contributed by atoms with Crippen molar-refractivity contribution in [1.82, 2.24) is 0 Å². The summed E-state index contributed by atoms with van der Waals surface area (Å²) >= 11 is 5.95. The number of hydrogen-bond donors (Lipinski definition) is 1. The Morgan fingerprint density at radius 1 is 1.43 bits per heavy atom. The van der Waals surface area contributed by atoms with Gasteiger partial charge in [0.1, 0.15) is 19.2 Å². The van der Waals surface area contributed by atoms with Gasteiger partial charge in [-0.3, -0.25) is 14.5 Å².